The summed E-state index contributed by atoms with van der Waals surface area (Å²) in [6, 6.07) is 23.6. The van der Waals surface area contributed by atoms with Crippen LogP contribution in [0.2, 0.25) is 0 Å². The highest BCUT2D eigenvalue weighted by Crippen LogP contribution is 2.29. The zero-order valence-electron chi connectivity index (χ0n) is 16.0. The first-order chi connectivity index (χ1) is 13.7. The fourth-order valence-corrected chi connectivity index (χ4v) is 2.99. The molecule has 5 heteroatoms. The van der Waals surface area contributed by atoms with Gasteiger partial charge in [-0.3, -0.25) is 0 Å². The molecule has 0 aromatic heterocycles. The molecule has 3 aromatic rings. The standard InChI is InChI=1S/C23H23NO3S/c1-25-20-11-7-6-10-19(20)15-24-23(28)18-12-13-21(22(14-18)26-2)27-16-17-8-4-3-5-9-17/h3-14H,15-16H2,1-2H3,(H,24,28). The number of rotatable bonds is 8. The van der Waals surface area contributed by atoms with Gasteiger partial charge in [-0.05, 0) is 29.8 Å². The summed E-state index contributed by atoms with van der Waals surface area (Å²) < 4.78 is 16.8. The van der Waals surface area contributed by atoms with Gasteiger partial charge < -0.3 is 19.5 Å². The lowest BCUT2D eigenvalue weighted by atomic mass is 10.1. The molecular weight excluding hydrogens is 370 g/mol. The lowest BCUT2D eigenvalue weighted by Crippen LogP contribution is -2.22. The van der Waals surface area contributed by atoms with Crippen molar-refractivity contribution in [3.05, 3.63) is 89.5 Å². The maximum atomic E-state index is 5.90. The number of ether oxygens (including phenoxy) is 3. The maximum Gasteiger partial charge on any atom is 0.161 e. The summed E-state index contributed by atoms with van der Waals surface area (Å²) >= 11 is 5.54. The Labute approximate surface area is 171 Å². The third-order valence-corrected chi connectivity index (χ3v) is 4.67. The second kappa shape index (κ2) is 9.76. The topological polar surface area (TPSA) is 39.7 Å². The molecule has 0 spiro atoms. The Hall–Kier alpha value is -3.05. The largest absolute Gasteiger partial charge is 0.496 e. The van der Waals surface area contributed by atoms with Crippen molar-refractivity contribution < 1.29 is 14.2 Å². The van der Waals surface area contributed by atoms with Gasteiger partial charge in [0.1, 0.15) is 17.3 Å². The predicted octanol–water partition coefficient (Wildman–Crippen LogP) is 4.75. The van der Waals surface area contributed by atoms with E-state index in [1.54, 1.807) is 14.2 Å². The normalized spacial score (nSPS) is 10.2. The minimum Gasteiger partial charge on any atom is -0.496 e. The van der Waals surface area contributed by atoms with E-state index in [1.807, 2.05) is 72.8 Å². The number of thiocarbonyl (C=S) groups is 1. The van der Waals surface area contributed by atoms with Crippen molar-refractivity contribution in [1.82, 2.24) is 5.32 Å². The lowest BCUT2D eigenvalue weighted by molar-refractivity contribution is 0.284. The second-order valence-electron chi connectivity index (χ2n) is 6.13. The average Bonchev–Trinajstić information content (AvgIpc) is 2.76. The van der Waals surface area contributed by atoms with Gasteiger partial charge in [0.15, 0.2) is 11.5 Å². The fraction of sp³-hybridized carbons (Fsp3) is 0.174. The Morgan fingerprint density at radius 1 is 0.821 bits per heavy atom. The Morgan fingerprint density at radius 3 is 2.29 bits per heavy atom. The molecule has 0 radical (unpaired) electrons. The number of benzene rings is 3. The van der Waals surface area contributed by atoms with Gasteiger partial charge in [0.25, 0.3) is 0 Å². The molecule has 0 fully saturated rings. The molecule has 3 aromatic carbocycles. The summed E-state index contributed by atoms with van der Waals surface area (Å²) in [5.74, 6) is 2.16. The van der Waals surface area contributed by atoms with Crippen LogP contribution in [-0.4, -0.2) is 19.2 Å². The predicted molar refractivity (Wildman–Crippen MR) is 115 cm³/mol. The summed E-state index contributed by atoms with van der Waals surface area (Å²) in [5, 5.41) is 3.27. The lowest BCUT2D eigenvalue weighted by Gasteiger charge is -2.14. The van der Waals surface area contributed by atoms with E-state index in [4.69, 9.17) is 26.4 Å². The zero-order chi connectivity index (χ0) is 19.8. The van der Waals surface area contributed by atoms with E-state index in [2.05, 4.69) is 5.32 Å². The van der Waals surface area contributed by atoms with E-state index in [0.29, 0.717) is 29.6 Å². The van der Waals surface area contributed by atoms with Gasteiger partial charge in [-0.1, -0.05) is 60.7 Å². The van der Waals surface area contributed by atoms with Crippen LogP contribution in [0.5, 0.6) is 17.2 Å². The molecule has 3 rings (SSSR count). The molecule has 0 unspecified atom stereocenters. The number of nitrogens with one attached hydrogen (secondary N) is 1. The molecule has 144 valence electrons. The molecule has 0 aliphatic rings. The molecule has 0 saturated heterocycles. The van der Waals surface area contributed by atoms with Crippen LogP contribution in [0.1, 0.15) is 16.7 Å². The van der Waals surface area contributed by atoms with Gasteiger partial charge >= 0.3 is 0 Å². The first-order valence-corrected chi connectivity index (χ1v) is 9.37. The average molecular weight is 394 g/mol. The van der Waals surface area contributed by atoms with Gasteiger partial charge in [-0.2, -0.15) is 0 Å². The van der Waals surface area contributed by atoms with Gasteiger partial charge in [-0.25, -0.2) is 0 Å². The summed E-state index contributed by atoms with van der Waals surface area (Å²) in [6.07, 6.45) is 0. The summed E-state index contributed by atoms with van der Waals surface area (Å²) in [5.41, 5.74) is 3.01. The SMILES string of the molecule is COc1ccccc1CNC(=S)c1ccc(OCc2ccccc2)c(OC)c1. The quantitative estimate of drug-likeness (QED) is 0.559. The molecule has 0 amide bonds. The van der Waals surface area contributed by atoms with E-state index in [9.17, 15) is 0 Å². The molecule has 0 atom stereocenters. The van der Waals surface area contributed by atoms with Crippen molar-refractivity contribution in [3.8, 4) is 17.2 Å². The second-order valence-corrected chi connectivity index (χ2v) is 6.54. The molecule has 0 heterocycles. The van der Waals surface area contributed by atoms with Crippen LogP contribution in [-0.2, 0) is 13.2 Å². The molecule has 0 aliphatic carbocycles. The van der Waals surface area contributed by atoms with Crippen LogP contribution < -0.4 is 19.5 Å². The molecule has 0 bridgehead atoms. The molecule has 28 heavy (non-hydrogen) atoms. The van der Waals surface area contributed by atoms with Crippen molar-refractivity contribution in [2.24, 2.45) is 0 Å². The van der Waals surface area contributed by atoms with E-state index in [-0.39, 0.29) is 0 Å². The van der Waals surface area contributed by atoms with E-state index >= 15 is 0 Å². The Kier molecular flexibility index (Phi) is 6.87. The van der Waals surface area contributed by atoms with Crippen molar-refractivity contribution in [2.45, 2.75) is 13.2 Å². The summed E-state index contributed by atoms with van der Waals surface area (Å²) in [6.45, 7) is 1.06. The van der Waals surface area contributed by atoms with Crippen molar-refractivity contribution >= 4 is 17.2 Å². The smallest absolute Gasteiger partial charge is 0.161 e. The van der Waals surface area contributed by atoms with Crippen LogP contribution >= 0.6 is 12.2 Å². The van der Waals surface area contributed by atoms with Crippen LogP contribution in [0.3, 0.4) is 0 Å². The Balaban J connectivity index is 1.66. The Bertz CT molecular complexity index is 928. The first kappa shape index (κ1) is 19.7. The minimum atomic E-state index is 0.479. The van der Waals surface area contributed by atoms with Crippen LogP contribution in [0.25, 0.3) is 0 Å². The van der Waals surface area contributed by atoms with Crippen molar-refractivity contribution in [3.63, 3.8) is 0 Å². The first-order valence-electron chi connectivity index (χ1n) is 8.96. The third kappa shape index (κ3) is 5.02. The van der Waals surface area contributed by atoms with E-state index < -0.39 is 0 Å². The molecule has 4 nitrogen and oxygen atoms in total. The highest BCUT2D eigenvalue weighted by Gasteiger charge is 2.10. The van der Waals surface area contributed by atoms with Crippen LogP contribution in [0, 0.1) is 0 Å². The highest BCUT2D eigenvalue weighted by molar-refractivity contribution is 7.80. The molecule has 0 saturated carbocycles. The summed E-state index contributed by atoms with van der Waals surface area (Å²) in [7, 11) is 3.29. The van der Waals surface area contributed by atoms with Crippen molar-refractivity contribution in [1.29, 1.82) is 0 Å². The number of hydrogen-bond acceptors (Lipinski definition) is 4. The van der Waals surface area contributed by atoms with Crippen LogP contribution in [0.4, 0.5) is 0 Å². The number of methoxy groups -OCH3 is 2. The third-order valence-electron chi connectivity index (χ3n) is 4.29. The van der Waals surface area contributed by atoms with E-state index in [1.165, 1.54) is 0 Å². The highest BCUT2D eigenvalue weighted by atomic mass is 32.1. The van der Waals surface area contributed by atoms with Gasteiger partial charge in [0.05, 0.1) is 14.2 Å². The maximum absolute atomic E-state index is 5.90. The van der Waals surface area contributed by atoms with Gasteiger partial charge in [0, 0.05) is 17.7 Å². The fourth-order valence-electron chi connectivity index (χ4n) is 2.79. The summed E-state index contributed by atoms with van der Waals surface area (Å²) in [4.78, 5) is 0.638. The van der Waals surface area contributed by atoms with Gasteiger partial charge in [-0.15, -0.1) is 0 Å². The van der Waals surface area contributed by atoms with Crippen molar-refractivity contribution in [2.75, 3.05) is 14.2 Å². The van der Waals surface area contributed by atoms with Gasteiger partial charge in [0.2, 0.25) is 0 Å². The Morgan fingerprint density at radius 2 is 1.54 bits per heavy atom. The number of hydrogen-bond donors (Lipinski definition) is 1. The molecule has 1 N–H and O–H groups in total. The number of para-hydroxylation sites is 1. The molecular formula is C23H23NO3S. The van der Waals surface area contributed by atoms with E-state index in [0.717, 1.165) is 22.4 Å². The minimum absolute atomic E-state index is 0.479. The van der Waals surface area contributed by atoms with Crippen LogP contribution in [0.15, 0.2) is 72.8 Å². The molecule has 0 aliphatic heterocycles. The zero-order valence-corrected chi connectivity index (χ0v) is 16.8. The monoisotopic (exact) mass is 393 g/mol.